The van der Waals surface area contributed by atoms with Gasteiger partial charge < -0.3 is 24.8 Å². The van der Waals surface area contributed by atoms with Crippen LogP contribution in [0.3, 0.4) is 0 Å². The van der Waals surface area contributed by atoms with Gasteiger partial charge in [-0.25, -0.2) is 14.2 Å². The van der Waals surface area contributed by atoms with Crippen LogP contribution in [0.2, 0.25) is 0 Å². The molecule has 0 radical (unpaired) electrons. The Bertz CT molecular complexity index is 1300. The zero-order valence-electron chi connectivity index (χ0n) is 20.4. The molecule has 1 fully saturated rings. The minimum absolute atomic E-state index is 0.106. The summed E-state index contributed by atoms with van der Waals surface area (Å²) in [6.45, 7) is 3.92. The maximum absolute atomic E-state index is 13.6. The van der Waals surface area contributed by atoms with Crippen LogP contribution in [0, 0.1) is 11.3 Å². The molecule has 1 aliphatic rings. The number of anilines is 1. The van der Waals surface area contributed by atoms with Crippen molar-refractivity contribution in [3.8, 4) is 17.0 Å². The zero-order valence-corrected chi connectivity index (χ0v) is 22.8. The lowest BCUT2D eigenvalue weighted by atomic mass is 10.00. The van der Waals surface area contributed by atoms with Gasteiger partial charge in [0.1, 0.15) is 23.8 Å². The maximum Gasteiger partial charge on any atom is 0.530 e. The Labute approximate surface area is 227 Å². The molecule has 2 aromatic rings. The van der Waals surface area contributed by atoms with Gasteiger partial charge in [0.05, 0.1) is 18.9 Å². The van der Waals surface area contributed by atoms with E-state index < -0.39 is 61.6 Å². The number of ether oxygens (including phenoxy) is 2. The van der Waals surface area contributed by atoms with Crippen LogP contribution in [0.4, 0.5) is 5.82 Å². The molecule has 0 aliphatic carbocycles. The molecule has 2 heterocycles. The van der Waals surface area contributed by atoms with E-state index in [-0.39, 0.29) is 11.6 Å². The largest absolute Gasteiger partial charge is 0.530 e. The van der Waals surface area contributed by atoms with Crippen molar-refractivity contribution in [3.05, 3.63) is 47.0 Å². The van der Waals surface area contributed by atoms with E-state index in [1.807, 2.05) is 0 Å². The fourth-order valence-electron chi connectivity index (χ4n) is 3.27. The number of alkyl halides is 1. The molecule has 1 saturated heterocycles. The summed E-state index contributed by atoms with van der Waals surface area (Å²) >= 11 is 12.1. The van der Waals surface area contributed by atoms with Gasteiger partial charge in [0.2, 0.25) is 0 Å². The van der Waals surface area contributed by atoms with Crippen LogP contribution in [0.5, 0.6) is 5.75 Å². The number of nitrogens with two attached hydrogens (primary N) is 1. The van der Waals surface area contributed by atoms with Crippen molar-refractivity contribution in [2.24, 2.45) is 0 Å². The second-order valence-corrected chi connectivity index (χ2v) is 10.6. The predicted octanol–water partition coefficient (Wildman–Crippen LogP) is 2.22. The predicted molar refractivity (Wildman–Crippen MR) is 135 cm³/mol. The van der Waals surface area contributed by atoms with Crippen LogP contribution in [-0.4, -0.2) is 61.7 Å². The molecule has 13 nitrogen and oxygen atoms in total. The molecule has 2 unspecified atom stereocenters. The molecule has 0 bridgehead atoms. The summed E-state index contributed by atoms with van der Waals surface area (Å²) in [5.74, 6) is 1.53. The summed E-state index contributed by atoms with van der Waals surface area (Å²) < 4.78 is 41.4. The number of hydrogen-bond acceptors (Lipinski definition) is 12. The number of benzene rings is 1. The second kappa shape index (κ2) is 12.4. The molecule has 38 heavy (non-hydrogen) atoms. The van der Waals surface area contributed by atoms with E-state index in [0.717, 1.165) is 6.20 Å². The quantitative estimate of drug-likeness (QED) is 0.179. The fourth-order valence-corrected chi connectivity index (χ4v) is 5.15. The Morgan fingerprint density at radius 1 is 1.34 bits per heavy atom. The molecule has 0 amide bonds. The average Bonchev–Trinajstić information content (AvgIpc) is 3.08. The lowest BCUT2D eigenvalue weighted by Crippen LogP contribution is -2.44. The number of rotatable bonds is 10. The van der Waals surface area contributed by atoms with Crippen molar-refractivity contribution in [1.82, 2.24) is 14.8 Å². The van der Waals surface area contributed by atoms with Gasteiger partial charge in [-0.1, -0.05) is 35.7 Å². The molecule has 206 valence electrons. The zero-order chi connectivity index (χ0) is 28.1. The van der Waals surface area contributed by atoms with Crippen molar-refractivity contribution in [1.29, 1.82) is 0 Å². The minimum atomic E-state index is -4.55. The standard InChI is InChI=1S/C22H25Cl2N4O9P/c1-13(2)34-19(30)14(3)36-38(32,37-15-7-5-4-6-8-15)33-12-16-18(29)22(24,9-10-23)20(35-16)28-21(31)27-17(25)11-26-28/h4-8,11,13-14,16,18,20,29H,12H2,1-3H3,(H2,25,27,31)/t14-,16+,18?,20+,22+,38?/m0/s1. The highest BCUT2D eigenvalue weighted by Crippen LogP contribution is 2.52. The molecule has 0 saturated carbocycles. The molecule has 3 rings (SSSR count). The van der Waals surface area contributed by atoms with Gasteiger partial charge in [0.15, 0.2) is 17.2 Å². The van der Waals surface area contributed by atoms with Crippen molar-refractivity contribution >= 4 is 42.8 Å². The van der Waals surface area contributed by atoms with E-state index in [2.05, 4.69) is 21.4 Å². The first-order valence-corrected chi connectivity index (χ1v) is 13.3. The van der Waals surface area contributed by atoms with E-state index >= 15 is 0 Å². The van der Waals surface area contributed by atoms with Crippen molar-refractivity contribution in [3.63, 3.8) is 0 Å². The smallest absolute Gasteiger partial charge is 0.461 e. The van der Waals surface area contributed by atoms with Crippen LogP contribution < -0.4 is 15.9 Å². The van der Waals surface area contributed by atoms with Gasteiger partial charge in [-0.15, -0.1) is 0 Å². The second-order valence-electron chi connectivity index (χ2n) is 8.25. The van der Waals surface area contributed by atoms with Gasteiger partial charge >= 0.3 is 19.5 Å². The molecule has 1 aromatic heterocycles. The molecule has 1 aliphatic heterocycles. The van der Waals surface area contributed by atoms with Crippen LogP contribution in [-0.2, 0) is 27.9 Å². The summed E-state index contributed by atoms with van der Waals surface area (Å²) in [5, 5.41) is 16.8. The fraction of sp³-hybridized carbons (Fsp3) is 0.455. The van der Waals surface area contributed by atoms with Gasteiger partial charge in [0.25, 0.3) is 0 Å². The van der Waals surface area contributed by atoms with E-state index in [1.165, 1.54) is 19.1 Å². The number of carbonyl (C=O) groups excluding carboxylic acids is 1. The number of para-hydroxylation sites is 1. The Hall–Kier alpha value is -2.69. The van der Waals surface area contributed by atoms with Crippen LogP contribution in [0.15, 0.2) is 41.3 Å². The molecular weight excluding hydrogens is 566 g/mol. The summed E-state index contributed by atoms with van der Waals surface area (Å²) in [6, 6.07) is 7.90. The Balaban J connectivity index is 1.86. The summed E-state index contributed by atoms with van der Waals surface area (Å²) in [5.41, 5.74) is 4.54. The van der Waals surface area contributed by atoms with Gasteiger partial charge in [0, 0.05) is 5.38 Å². The molecule has 3 N–H and O–H groups in total. The number of aliphatic hydroxyl groups excluding tert-OH is 1. The normalized spacial score (nSPS) is 25.2. The maximum atomic E-state index is 13.6. The molecule has 1 aromatic carbocycles. The highest BCUT2D eigenvalue weighted by atomic mass is 35.5. The van der Waals surface area contributed by atoms with Gasteiger partial charge in [-0.05, 0) is 44.5 Å². The summed E-state index contributed by atoms with van der Waals surface area (Å²) in [7, 11) is -4.55. The Morgan fingerprint density at radius 3 is 2.63 bits per heavy atom. The number of esters is 1. The number of halogens is 2. The number of aliphatic hydroxyl groups is 1. The van der Waals surface area contributed by atoms with Crippen molar-refractivity contribution in [2.75, 3.05) is 12.3 Å². The number of nitrogens with zero attached hydrogens (tertiary/aromatic N) is 3. The van der Waals surface area contributed by atoms with Crippen molar-refractivity contribution < 1.29 is 37.5 Å². The first-order valence-electron chi connectivity index (χ1n) is 11.1. The summed E-state index contributed by atoms with van der Waals surface area (Å²) in [6.07, 6.45) is -5.25. The number of nitrogen functional groups attached to an aromatic ring is 1. The molecule has 0 spiro atoms. The number of hydrogen-bond donors (Lipinski definition) is 2. The Kier molecular flexibility index (Phi) is 9.78. The number of aromatic nitrogens is 3. The first kappa shape index (κ1) is 29.9. The lowest BCUT2D eigenvalue weighted by molar-refractivity contribution is -0.156. The number of phosphoric acid groups is 1. The van der Waals surface area contributed by atoms with E-state index in [4.69, 9.17) is 52.0 Å². The van der Waals surface area contributed by atoms with Crippen LogP contribution >= 0.6 is 31.0 Å². The molecule has 16 heteroatoms. The number of carbonyl (C=O) groups is 1. The minimum Gasteiger partial charge on any atom is -0.461 e. The van der Waals surface area contributed by atoms with E-state index in [1.54, 1.807) is 32.0 Å². The SMILES string of the molecule is CC(C)OC(=O)[C@H](C)OP(=O)(OC[C@H]1O[C@@H](n2ncc(N)nc2=O)[C@@](Cl)(C#CCl)C1O)Oc1ccccc1. The highest BCUT2D eigenvalue weighted by molar-refractivity contribution is 7.49. The van der Waals surface area contributed by atoms with Crippen LogP contribution in [0.1, 0.15) is 27.0 Å². The van der Waals surface area contributed by atoms with E-state index in [0.29, 0.717) is 4.68 Å². The summed E-state index contributed by atoms with van der Waals surface area (Å²) in [4.78, 5) is 26.2. The van der Waals surface area contributed by atoms with Crippen molar-refractivity contribution in [2.45, 2.75) is 56.3 Å². The first-order chi connectivity index (χ1) is 17.9. The molecular formula is C22H25Cl2N4O9P. The average molecular weight is 591 g/mol. The third kappa shape index (κ3) is 7.03. The van der Waals surface area contributed by atoms with Crippen LogP contribution in [0.25, 0.3) is 0 Å². The highest BCUT2D eigenvalue weighted by Gasteiger charge is 2.57. The van der Waals surface area contributed by atoms with Gasteiger partial charge in [-0.3, -0.25) is 9.05 Å². The number of phosphoric ester groups is 1. The lowest BCUT2D eigenvalue weighted by Gasteiger charge is -2.25. The third-order valence-corrected chi connectivity index (χ3v) is 7.04. The topological polar surface area (TPSA) is 174 Å². The third-order valence-electron chi connectivity index (χ3n) is 4.97. The van der Waals surface area contributed by atoms with E-state index in [9.17, 15) is 19.3 Å². The molecule has 6 atom stereocenters. The monoisotopic (exact) mass is 590 g/mol. The van der Waals surface area contributed by atoms with Gasteiger partial charge in [-0.2, -0.15) is 14.8 Å². The Morgan fingerprint density at radius 2 is 2.03 bits per heavy atom.